The van der Waals surface area contributed by atoms with E-state index < -0.39 is 11.9 Å². The molecule has 0 spiro atoms. The molecule has 1 fully saturated rings. The number of aliphatic hydroxyl groups excluding tert-OH is 1. The summed E-state index contributed by atoms with van der Waals surface area (Å²) in [6.45, 7) is 4.03. The third kappa shape index (κ3) is 3.53. The van der Waals surface area contributed by atoms with Crippen molar-refractivity contribution < 1.29 is 24.1 Å². The van der Waals surface area contributed by atoms with E-state index in [-0.39, 0.29) is 18.7 Å². The quantitative estimate of drug-likeness (QED) is 0.609. The summed E-state index contributed by atoms with van der Waals surface area (Å²) in [5.41, 5.74) is 0.487. The van der Waals surface area contributed by atoms with Crippen molar-refractivity contribution in [3.8, 4) is 0 Å². The maximum Gasteiger partial charge on any atom is 0.338 e. The molecule has 0 unspecified atom stereocenters. The molecule has 0 saturated carbocycles. The van der Waals surface area contributed by atoms with Gasteiger partial charge in [0.15, 0.2) is 5.79 Å². The molecule has 2 aliphatic heterocycles. The first-order valence-corrected chi connectivity index (χ1v) is 6.20. The maximum absolute atomic E-state index is 11.7. The van der Waals surface area contributed by atoms with Crippen molar-refractivity contribution in [1.29, 1.82) is 0 Å². The lowest BCUT2D eigenvalue weighted by Crippen LogP contribution is -2.30. The third-order valence-electron chi connectivity index (χ3n) is 2.85. The Morgan fingerprint density at radius 2 is 2.26 bits per heavy atom. The molecule has 2 heterocycles. The zero-order valence-corrected chi connectivity index (χ0v) is 11.0. The van der Waals surface area contributed by atoms with Crippen molar-refractivity contribution in [3.63, 3.8) is 0 Å². The summed E-state index contributed by atoms with van der Waals surface area (Å²) in [6, 6.07) is 0. The van der Waals surface area contributed by atoms with Crippen LogP contribution in [0.3, 0.4) is 0 Å². The number of esters is 1. The average molecular weight is 266 g/mol. The largest absolute Gasteiger partial charge is 0.452 e. The number of hydrogen-bond donors (Lipinski definition) is 1. The van der Waals surface area contributed by atoms with Gasteiger partial charge in [0.25, 0.3) is 0 Å². The normalized spacial score (nSPS) is 30.3. The number of rotatable bonds is 4. The zero-order chi connectivity index (χ0) is 13.9. The molecule has 5 heteroatoms. The van der Waals surface area contributed by atoms with Crippen LogP contribution in [0.5, 0.6) is 0 Å². The van der Waals surface area contributed by atoms with Crippen molar-refractivity contribution in [2.75, 3.05) is 13.2 Å². The first-order chi connectivity index (χ1) is 9.02. The fourth-order valence-electron chi connectivity index (χ4n) is 1.95. The molecule has 0 bridgehead atoms. The van der Waals surface area contributed by atoms with Gasteiger partial charge in [-0.05, 0) is 26.0 Å². The Bertz CT molecular complexity index is 433. The standard InChI is InChI=1S/C14H18O5/c1-14(2)17-9-12(19-14)11-8-10(13(16)18-11)6-4-3-5-7-15/h3-6,8,11-12,15H,7,9H2,1-2H3/b5-3+,6-4+/t11-,12+/m0/s1. The zero-order valence-electron chi connectivity index (χ0n) is 11.0. The maximum atomic E-state index is 11.7. The number of carbonyl (C=O) groups is 1. The van der Waals surface area contributed by atoms with Crippen molar-refractivity contribution >= 4 is 5.97 Å². The lowest BCUT2D eigenvalue weighted by atomic mass is 10.1. The Hall–Kier alpha value is -1.43. The minimum Gasteiger partial charge on any atom is -0.452 e. The molecule has 19 heavy (non-hydrogen) atoms. The second kappa shape index (κ2) is 5.69. The van der Waals surface area contributed by atoms with Crippen LogP contribution in [0.15, 0.2) is 36.0 Å². The van der Waals surface area contributed by atoms with E-state index in [4.69, 9.17) is 19.3 Å². The number of ether oxygens (including phenoxy) is 3. The van der Waals surface area contributed by atoms with Crippen LogP contribution in [0.2, 0.25) is 0 Å². The van der Waals surface area contributed by atoms with Gasteiger partial charge in [-0.15, -0.1) is 0 Å². The molecule has 5 nitrogen and oxygen atoms in total. The van der Waals surface area contributed by atoms with Gasteiger partial charge in [0.05, 0.1) is 18.8 Å². The van der Waals surface area contributed by atoms with Gasteiger partial charge >= 0.3 is 5.97 Å². The molecule has 2 aliphatic rings. The monoisotopic (exact) mass is 266 g/mol. The lowest BCUT2D eigenvalue weighted by Gasteiger charge is -2.19. The van der Waals surface area contributed by atoms with E-state index >= 15 is 0 Å². The summed E-state index contributed by atoms with van der Waals surface area (Å²) in [4.78, 5) is 11.7. The van der Waals surface area contributed by atoms with E-state index in [1.165, 1.54) is 0 Å². The molecule has 1 saturated heterocycles. The minimum atomic E-state index is -0.632. The summed E-state index contributed by atoms with van der Waals surface area (Å²) in [7, 11) is 0. The fraction of sp³-hybridized carbons (Fsp3) is 0.500. The lowest BCUT2D eigenvalue weighted by molar-refractivity contribution is -0.159. The molecule has 2 atom stereocenters. The molecule has 0 aliphatic carbocycles. The van der Waals surface area contributed by atoms with E-state index in [1.54, 1.807) is 30.4 Å². The van der Waals surface area contributed by atoms with Crippen LogP contribution in [0, 0.1) is 0 Å². The van der Waals surface area contributed by atoms with Crippen molar-refractivity contribution in [3.05, 3.63) is 36.0 Å². The van der Waals surface area contributed by atoms with Gasteiger partial charge in [-0.2, -0.15) is 0 Å². The molecule has 0 aromatic carbocycles. The highest BCUT2D eigenvalue weighted by Crippen LogP contribution is 2.29. The van der Waals surface area contributed by atoms with Gasteiger partial charge in [-0.25, -0.2) is 4.79 Å². The van der Waals surface area contributed by atoms with Crippen LogP contribution >= 0.6 is 0 Å². The minimum absolute atomic E-state index is 0.0290. The molecule has 1 N–H and O–H groups in total. The van der Waals surface area contributed by atoms with Crippen molar-refractivity contribution in [1.82, 2.24) is 0 Å². The van der Waals surface area contributed by atoms with Crippen LogP contribution in [0.1, 0.15) is 13.8 Å². The van der Waals surface area contributed by atoms with E-state index in [2.05, 4.69) is 0 Å². The molecule has 0 radical (unpaired) electrons. The third-order valence-corrected chi connectivity index (χ3v) is 2.85. The SMILES string of the molecule is CC1(C)OC[C@H]([C@@H]2C=C(/C=C/C=C/CO)C(=O)O2)O1. The van der Waals surface area contributed by atoms with Gasteiger partial charge < -0.3 is 19.3 Å². The Balaban J connectivity index is 1.99. The highest BCUT2D eigenvalue weighted by molar-refractivity contribution is 5.94. The highest BCUT2D eigenvalue weighted by Gasteiger charge is 2.40. The molecule has 2 rings (SSSR count). The number of carbonyl (C=O) groups excluding carboxylic acids is 1. The number of allylic oxidation sites excluding steroid dienone is 2. The summed E-state index contributed by atoms with van der Waals surface area (Å²) < 4.78 is 16.4. The molecule has 0 aromatic rings. The second-order valence-electron chi connectivity index (χ2n) is 4.83. The van der Waals surface area contributed by atoms with Crippen LogP contribution in [0.4, 0.5) is 0 Å². The van der Waals surface area contributed by atoms with E-state index in [1.807, 2.05) is 13.8 Å². The summed E-state index contributed by atoms with van der Waals surface area (Å²) in [5.74, 6) is -1.00. The topological polar surface area (TPSA) is 65.0 Å². The van der Waals surface area contributed by atoms with Crippen LogP contribution in [-0.2, 0) is 19.0 Å². The van der Waals surface area contributed by atoms with Gasteiger partial charge in [0.2, 0.25) is 0 Å². The Kier molecular flexibility index (Phi) is 4.19. The predicted molar refractivity (Wildman–Crippen MR) is 68.2 cm³/mol. The average Bonchev–Trinajstić information content (AvgIpc) is 2.88. The summed E-state index contributed by atoms with van der Waals surface area (Å²) >= 11 is 0. The predicted octanol–water partition coefficient (Wildman–Crippen LogP) is 1.09. The molecule has 104 valence electrons. The number of hydrogen-bond acceptors (Lipinski definition) is 5. The first-order valence-electron chi connectivity index (χ1n) is 6.20. The van der Waals surface area contributed by atoms with Gasteiger partial charge in [0, 0.05) is 0 Å². The highest BCUT2D eigenvalue weighted by atomic mass is 16.8. The Morgan fingerprint density at radius 1 is 1.47 bits per heavy atom. The van der Waals surface area contributed by atoms with Gasteiger partial charge in [-0.1, -0.05) is 18.2 Å². The summed E-state index contributed by atoms with van der Waals surface area (Å²) in [6.07, 6.45) is 7.64. The molecular weight excluding hydrogens is 248 g/mol. The van der Waals surface area contributed by atoms with E-state index in [9.17, 15) is 4.79 Å². The molecule has 0 amide bonds. The Labute approximate surface area is 112 Å². The van der Waals surface area contributed by atoms with Crippen LogP contribution in [-0.4, -0.2) is 42.3 Å². The Morgan fingerprint density at radius 3 is 2.89 bits per heavy atom. The van der Waals surface area contributed by atoms with E-state index in [0.717, 1.165) is 0 Å². The molecule has 0 aromatic heterocycles. The fourth-order valence-corrected chi connectivity index (χ4v) is 1.95. The number of cyclic esters (lactones) is 1. The second-order valence-corrected chi connectivity index (χ2v) is 4.83. The van der Waals surface area contributed by atoms with Crippen molar-refractivity contribution in [2.24, 2.45) is 0 Å². The first kappa shape index (κ1) is 14.0. The number of aliphatic hydroxyl groups is 1. The van der Waals surface area contributed by atoms with Gasteiger partial charge in [0.1, 0.15) is 12.2 Å². The molecular formula is C14H18O5. The van der Waals surface area contributed by atoms with Crippen molar-refractivity contribution in [2.45, 2.75) is 31.8 Å². The van der Waals surface area contributed by atoms with Crippen LogP contribution < -0.4 is 0 Å². The summed E-state index contributed by atoms with van der Waals surface area (Å²) in [5, 5.41) is 8.59. The van der Waals surface area contributed by atoms with Crippen LogP contribution in [0.25, 0.3) is 0 Å². The smallest absolute Gasteiger partial charge is 0.338 e. The van der Waals surface area contributed by atoms with Gasteiger partial charge in [-0.3, -0.25) is 0 Å². The van der Waals surface area contributed by atoms with E-state index in [0.29, 0.717) is 12.2 Å².